The Bertz CT molecular complexity index is 764. The fraction of sp³-hybridized carbons (Fsp3) is 0.294. The Hall–Kier alpha value is -3.16. The summed E-state index contributed by atoms with van der Waals surface area (Å²) in [4.78, 5) is 27.0. The quantitative estimate of drug-likeness (QED) is 0.583. The Morgan fingerprint density at radius 2 is 2.00 bits per heavy atom. The molecule has 0 aliphatic heterocycles. The number of hydrogen-bond donors (Lipinski definition) is 1. The first-order valence-corrected chi connectivity index (χ1v) is 7.82. The van der Waals surface area contributed by atoms with Crippen molar-refractivity contribution in [1.29, 1.82) is 0 Å². The molecular weight excluding hydrogens is 326 g/mol. The zero-order valence-corrected chi connectivity index (χ0v) is 14.0. The lowest BCUT2D eigenvalue weighted by Gasteiger charge is -2.10. The Morgan fingerprint density at radius 1 is 1.24 bits per heavy atom. The molecule has 0 radical (unpaired) electrons. The summed E-state index contributed by atoms with van der Waals surface area (Å²) in [6.45, 7) is 4.53. The molecule has 8 heteroatoms. The normalized spacial score (nSPS) is 10.2. The smallest absolute Gasteiger partial charge is 0.311 e. The first-order chi connectivity index (χ1) is 12.1. The van der Waals surface area contributed by atoms with E-state index in [-0.39, 0.29) is 23.5 Å². The van der Waals surface area contributed by atoms with Gasteiger partial charge in [-0.3, -0.25) is 14.9 Å². The SMILES string of the molecule is CCOc1ccc(C(=O)NCc2cccnc2OCC)cc1[N+](=O)[O-]. The number of benzene rings is 1. The largest absolute Gasteiger partial charge is 0.487 e. The average Bonchev–Trinajstić information content (AvgIpc) is 2.61. The van der Waals surface area contributed by atoms with E-state index in [1.807, 2.05) is 6.92 Å². The summed E-state index contributed by atoms with van der Waals surface area (Å²) in [5, 5.41) is 13.8. The molecule has 1 heterocycles. The van der Waals surface area contributed by atoms with Crippen LogP contribution in [0.5, 0.6) is 11.6 Å². The third-order valence-corrected chi connectivity index (χ3v) is 3.29. The maximum atomic E-state index is 12.3. The van der Waals surface area contributed by atoms with Crippen LogP contribution in [0, 0.1) is 10.1 Å². The summed E-state index contributed by atoms with van der Waals surface area (Å²) in [5.74, 6) is 0.148. The number of ether oxygens (including phenoxy) is 2. The monoisotopic (exact) mass is 345 g/mol. The van der Waals surface area contributed by atoms with Gasteiger partial charge in [0.25, 0.3) is 5.91 Å². The molecule has 0 saturated carbocycles. The maximum Gasteiger partial charge on any atom is 0.311 e. The van der Waals surface area contributed by atoms with E-state index >= 15 is 0 Å². The van der Waals surface area contributed by atoms with Gasteiger partial charge < -0.3 is 14.8 Å². The van der Waals surface area contributed by atoms with Gasteiger partial charge in [0.05, 0.1) is 18.1 Å². The second-order valence-electron chi connectivity index (χ2n) is 4.96. The summed E-state index contributed by atoms with van der Waals surface area (Å²) in [7, 11) is 0. The molecule has 0 unspecified atom stereocenters. The van der Waals surface area contributed by atoms with Gasteiger partial charge in [-0.05, 0) is 32.0 Å². The number of pyridine rings is 1. The van der Waals surface area contributed by atoms with E-state index in [1.54, 1.807) is 25.3 Å². The summed E-state index contributed by atoms with van der Waals surface area (Å²) < 4.78 is 10.6. The third kappa shape index (κ3) is 4.66. The number of carbonyl (C=O) groups excluding carboxylic acids is 1. The van der Waals surface area contributed by atoms with Crippen molar-refractivity contribution in [3.05, 3.63) is 57.8 Å². The number of nitro groups is 1. The molecule has 8 nitrogen and oxygen atoms in total. The van der Waals surface area contributed by atoms with Crippen LogP contribution in [0.4, 0.5) is 5.69 Å². The summed E-state index contributed by atoms with van der Waals surface area (Å²) in [5.41, 5.74) is 0.654. The lowest BCUT2D eigenvalue weighted by atomic mass is 10.1. The molecule has 1 aromatic heterocycles. The van der Waals surface area contributed by atoms with Crippen molar-refractivity contribution >= 4 is 11.6 Å². The van der Waals surface area contributed by atoms with Gasteiger partial charge >= 0.3 is 5.69 Å². The molecule has 1 N–H and O–H groups in total. The van der Waals surface area contributed by atoms with Gasteiger partial charge in [0.2, 0.25) is 5.88 Å². The summed E-state index contributed by atoms with van der Waals surface area (Å²) in [6.07, 6.45) is 1.60. The predicted octanol–water partition coefficient (Wildman–Crippen LogP) is 2.72. The molecule has 1 amide bonds. The number of carbonyl (C=O) groups is 1. The standard InChI is InChI=1S/C17H19N3O5/c1-3-24-15-8-7-12(10-14(15)20(22)23)16(21)19-11-13-6-5-9-18-17(13)25-4-2/h5-10H,3-4,11H2,1-2H3,(H,19,21). The average molecular weight is 345 g/mol. The molecule has 0 spiro atoms. The highest BCUT2D eigenvalue weighted by Crippen LogP contribution is 2.28. The van der Waals surface area contributed by atoms with Gasteiger partial charge in [0, 0.05) is 29.9 Å². The van der Waals surface area contributed by atoms with Crippen LogP contribution in [0.25, 0.3) is 0 Å². The van der Waals surface area contributed by atoms with Crippen molar-refractivity contribution in [2.45, 2.75) is 20.4 Å². The van der Waals surface area contributed by atoms with Crippen LogP contribution in [0.15, 0.2) is 36.5 Å². The van der Waals surface area contributed by atoms with Crippen LogP contribution in [0.1, 0.15) is 29.8 Å². The minimum atomic E-state index is -0.573. The molecule has 1 aromatic carbocycles. The molecule has 0 aliphatic rings. The molecule has 2 rings (SSSR count). The van der Waals surface area contributed by atoms with E-state index in [0.717, 1.165) is 5.56 Å². The molecule has 0 fully saturated rings. The molecular formula is C17H19N3O5. The summed E-state index contributed by atoms with van der Waals surface area (Å²) in [6, 6.07) is 7.64. The van der Waals surface area contributed by atoms with Gasteiger partial charge in [-0.1, -0.05) is 6.07 Å². The Labute approximate surface area is 144 Å². The summed E-state index contributed by atoms with van der Waals surface area (Å²) >= 11 is 0. The van der Waals surface area contributed by atoms with E-state index in [1.165, 1.54) is 18.2 Å². The van der Waals surface area contributed by atoms with Gasteiger partial charge in [-0.15, -0.1) is 0 Å². The van der Waals surface area contributed by atoms with Crippen molar-refractivity contribution in [2.75, 3.05) is 13.2 Å². The Kier molecular flexibility index (Phi) is 6.27. The van der Waals surface area contributed by atoms with Crippen LogP contribution in [-0.2, 0) is 6.54 Å². The van der Waals surface area contributed by atoms with Crippen molar-refractivity contribution in [2.24, 2.45) is 0 Å². The maximum absolute atomic E-state index is 12.3. The van der Waals surface area contributed by atoms with Crippen molar-refractivity contribution in [3.8, 4) is 11.6 Å². The van der Waals surface area contributed by atoms with Crippen LogP contribution >= 0.6 is 0 Å². The lowest BCUT2D eigenvalue weighted by Crippen LogP contribution is -2.23. The fourth-order valence-electron chi connectivity index (χ4n) is 2.18. The van der Waals surface area contributed by atoms with Crippen LogP contribution in [-0.4, -0.2) is 29.0 Å². The van der Waals surface area contributed by atoms with Crippen molar-refractivity contribution in [1.82, 2.24) is 10.3 Å². The molecule has 132 valence electrons. The number of nitrogens with one attached hydrogen (secondary N) is 1. The number of aromatic nitrogens is 1. The predicted molar refractivity (Wildman–Crippen MR) is 90.8 cm³/mol. The molecule has 0 bridgehead atoms. The second kappa shape index (κ2) is 8.62. The fourth-order valence-corrected chi connectivity index (χ4v) is 2.18. The molecule has 0 saturated heterocycles. The lowest BCUT2D eigenvalue weighted by molar-refractivity contribution is -0.385. The van der Waals surface area contributed by atoms with E-state index in [2.05, 4.69) is 10.3 Å². The first kappa shape index (κ1) is 18.2. The van der Waals surface area contributed by atoms with Crippen molar-refractivity contribution in [3.63, 3.8) is 0 Å². The zero-order valence-electron chi connectivity index (χ0n) is 14.0. The number of amides is 1. The third-order valence-electron chi connectivity index (χ3n) is 3.29. The van der Waals surface area contributed by atoms with E-state index in [4.69, 9.17) is 9.47 Å². The Morgan fingerprint density at radius 3 is 2.68 bits per heavy atom. The van der Waals surface area contributed by atoms with E-state index < -0.39 is 10.8 Å². The van der Waals surface area contributed by atoms with Gasteiger partial charge in [0.15, 0.2) is 5.75 Å². The number of rotatable bonds is 8. The molecule has 25 heavy (non-hydrogen) atoms. The van der Waals surface area contributed by atoms with E-state index in [0.29, 0.717) is 19.1 Å². The minimum absolute atomic E-state index is 0.134. The molecule has 0 aliphatic carbocycles. The number of hydrogen-bond acceptors (Lipinski definition) is 6. The van der Waals surface area contributed by atoms with Crippen molar-refractivity contribution < 1.29 is 19.2 Å². The zero-order chi connectivity index (χ0) is 18.2. The van der Waals surface area contributed by atoms with Gasteiger partial charge in [-0.2, -0.15) is 0 Å². The van der Waals surface area contributed by atoms with E-state index in [9.17, 15) is 14.9 Å². The first-order valence-electron chi connectivity index (χ1n) is 7.82. The highest BCUT2D eigenvalue weighted by molar-refractivity contribution is 5.95. The van der Waals surface area contributed by atoms with Gasteiger partial charge in [0.1, 0.15) is 0 Å². The molecule has 0 atom stereocenters. The topological polar surface area (TPSA) is 104 Å². The highest BCUT2D eigenvalue weighted by Gasteiger charge is 2.18. The van der Waals surface area contributed by atoms with Gasteiger partial charge in [-0.25, -0.2) is 4.98 Å². The van der Waals surface area contributed by atoms with Crippen LogP contribution in [0.2, 0.25) is 0 Å². The van der Waals surface area contributed by atoms with Crippen LogP contribution in [0.3, 0.4) is 0 Å². The van der Waals surface area contributed by atoms with Crippen LogP contribution < -0.4 is 14.8 Å². The highest BCUT2D eigenvalue weighted by atomic mass is 16.6. The molecule has 2 aromatic rings. The minimum Gasteiger partial charge on any atom is -0.487 e. The Balaban J connectivity index is 2.13. The second-order valence-corrected chi connectivity index (χ2v) is 4.96. The number of nitrogens with zero attached hydrogens (tertiary/aromatic N) is 2. The number of nitro benzene ring substituents is 1.